The molecule has 4 nitrogen and oxygen atoms in total. The van der Waals surface area contributed by atoms with Crippen LogP contribution in [0.2, 0.25) is 0 Å². The smallest absolute Gasteiger partial charge is 0.0785 e. The van der Waals surface area contributed by atoms with Crippen molar-refractivity contribution < 1.29 is 0 Å². The van der Waals surface area contributed by atoms with Crippen LogP contribution in [0.4, 0.5) is 17.1 Å². The molecule has 1 aromatic rings. The average Bonchev–Trinajstić information content (AvgIpc) is 2.22. The van der Waals surface area contributed by atoms with Crippen LogP contribution in [0.25, 0.3) is 0 Å². The Labute approximate surface area is 96.6 Å². The molecule has 0 bridgehead atoms. The maximum Gasteiger partial charge on any atom is 0.0785 e. The number of nitrogens with one attached hydrogen (secondary N) is 1. The van der Waals surface area contributed by atoms with Crippen LogP contribution in [-0.4, -0.2) is 25.2 Å². The summed E-state index contributed by atoms with van der Waals surface area (Å²) in [6.07, 6.45) is 0. The molecule has 0 aliphatic carbocycles. The molecule has 2 rings (SSSR count). The lowest BCUT2D eigenvalue weighted by molar-refractivity contribution is 0.381. The van der Waals surface area contributed by atoms with Crippen molar-refractivity contribution >= 4 is 17.1 Å². The molecule has 1 aromatic carbocycles. The highest BCUT2D eigenvalue weighted by molar-refractivity contribution is 5.80. The van der Waals surface area contributed by atoms with Crippen LogP contribution >= 0.6 is 0 Å². The first kappa shape index (κ1) is 11.1. The van der Waals surface area contributed by atoms with Gasteiger partial charge in [-0.05, 0) is 26.0 Å². The standard InChI is InChI=1S/C12H20N4/c1-12(2)8-15-6-7-16(12)10-5-3-4-9(13)11(10)14/h3-5,15H,6-8,13-14H2,1-2H3. The van der Waals surface area contributed by atoms with Gasteiger partial charge in [0.1, 0.15) is 0 Å². The molecule has 1 aliphatic heterocycles. The Balaban J connectivity index is 2.39. The van der Waals surface area contributed by atoms with E-state index in [1.54, 1.807) is 0 Å². The van der Waals surface area contributed by atoms with E-state index in [-0.39, 0.29) is 5.54 Å². The Hall–Kier alpha value is -1.42. The molecule has 1 saturated heterocycles. The third-order valence-corrected chi connectivity index (χ3v) is 3.21. The number of nitrogens with two attached hydrogens (primary N) is 2. The van der Waals surface area contributed by atoms with E-state index in [2.05, 4.69) is 24.1 Å². The van der Waals surface area contributed by atoms with E-state index in [4.69, 9.17) is 11.5 Å². The molecule has 0 aromatic heterocycles. The largest absolute Gasteiger partial charge is 0.397 e. The maximum absolute atomic E-state index is 6.05. The van der Waals surface area contributed by atoms with Crippen molar-refractivity contribution in [2.24, 2.45) is 0 Å². The van der Waals surface area contributed by atoms with Gasteiger partial charge in [-0.2, -0.15) is 0 Å². The van der Waals surface area contributed by atoms with E-state index >= 15 is 0 Å². The molecule has 1 fully saturated rings. The molecule has 0 saturated carbocycles. The number of rotatable bonds is 1. The number of hydrogen-bond donors (Lipinski definition) is 3. The summed E-state index contributed by atoms with van der Waals surface area (Å²) in [5, 5.41) is 3.40. The van der Waals surface area contributed by atoms with Crippen molar-refractivity contribution in [2.45, 2.75) is 19.4 Å². The van der Waals surface area contributed by atoms with E-state index in [1.807, 2.05) is 18.2 Å². The fourth-order valence-corrected chi connectivity index (χ4v) is 2.24. The summed E-state index contributed by atoms with van der Waals surface area (Å²) < 4.78 is 0. The summed E-state index contributed by atoms with van der Waals surface area (Å²) in [6.45, 7) is 7.32. The van der Waals surface area contributed by atoms with Gasteiger partial charge in [-0.3, -0.25) is 0 Å². The number of anilines is 3. The molecule has 88 valence electrons. The molecule has 0 atom stereocenters. The monoisotopic (exact) mass is 220 g/mol. The first-order valence-corrected chi connectivity index (χ1v) is 5.65. The predicted octanol–water partition coefficient (Wildman–Crippen LogP) is 1.04. The van der Waals surface area contributed by atoms with Crippen molar-refractivity contribution in [3.63, 3.8) is 0 Å². The second-order valence-electron chi connectivity index (χ2n) is 4.92. The highest BCUT2D eigenvalue weighted by Gasteiger charge is 2.30. The summed E-state index contributed by atoms with van der Waals surface area (Å²) in [5.74, 6) is 0. The SMILES string of the molecule is CC1(C)CNCCN1c1cccc(N)c1N. The van der Waals surface area contributed by atoms with Gasteiger partial charge in [0.25, 0.3) is 0 Å². The lowest BCUT2D eigenvalue weighted by Crippen LogP contribution is -2.58. The molecule has 5 N–H and O–H groups in total. The predicted molar refractivity (Wildman–Crippen MR) is 69.6 cm³/mol. The van der Waals surface area contributed by atoms with Crippen molar-refractivity contribution in [1.82, 2.24) is 5.32 Å². The molecular weight excluding hydrogens is 200 g/mol. The molecule has 1 heterocycles. The van der Waals surface area contributed by atoms with Crippen LogP contribution in [0.3, 0.4) is 0 Å². The van der Waals surface area contributed by atoms with Gasteiger partial charge < -0.3 is 21.7 Å². The number of nitrogen functional groups attached to an aromatic ring is 2. The highest BCUT2D eigenvalue weighted by Crippen LogP contribution is 2.33. The summed E-state index contributed by atoms with van der Waals surface area (Å²) in [4.78, 5) is 2.33. The van der Waals surface area contributed by atoms with Gasteiger partial charge in [-0.1, -0.05) is 6.07 Å². The van der Waals surface area contributed by atoms with Gasteiger partial charge in [0.2, 0.25) is 0 Å². The van der Waals surface area contributed by atoms with Crippen LogP contribution in [0.15, 0.2) is 18.2 Å². The summed E-state index contributed by atoms with van der Waals surface area (Å²) in [7, 11) is 0. The quantitative estimate of drug-likeness (QED) is 0.619. The maximum atomic E-state index is 6.05. The number of piperazine rings is 1. The number of benzene rings is 1. The van der Waals surface area contributed by atoms with Gasteiger partial charge >= 0.3 is 0 Å². The fourth-order valence-electron chi connectivity index (χ4n) is 2.24. The van der Waals surface area contributed by atoms with Gasteiger partial charge in [0, 0.05) is 25.2 Å². The Kier molecular flexibility index (Phi) is 2.68. The zero-order chi connectivity index (χ0) is 11.8. The van der Waals surface area contributed by atoms with Crippen LogP contribution in [-0.2, 0) is 0 Å². The molecule has 4 heteroatoms. The fraction of sp³-hybridized carbons (Fsp3) is 0.500. The zero-order valence-electron chi connectivity index (χ0n) is 9.96. The van der Waals surface area contributed by atoms with Crippen LogP contribution in [0.5, 0.6) is 0 Å². The molecule has 0 spiro atoms. The molecule has 16 heavy (non-hydrogen) atoms. The topological polar surface area (TPSA) is 67.3 Å². The lowest BCUT2D eigenvalue weighted by Gasteiger charge is -2.45. The number of para-hydroxylation sites is 1. The minimum Gasteiger partial charge on any atom is -0.397 e. The molecule has 1 aliphatic rings. The van der Waals surface area contributed by atoms with E-state index in [1.165, 1.54) is 0 Å². The van der Waals surface area contributed by atoms with Crippen molar-refractivity contribution in [1.29, 1.82) is 0 Å². The van der Waals surface area contributed by atoms with Crippen LogP contribution in [0.1, 0.15) is 13.8 Å². The van der Waals surface area contributed by atoms with Crippen molar-refractivity contribution in [3.05, 3.63) is 18.2 Å². The van der Waals surface area contributed by atoms with E-state index in [9.17, 15) is 0 Å². The van der Waals surface area contributed by atoms with E-state index in [0.717, 1.165) is 25.3 Å². The van der Waals surface area contributed by atoms with Crippen LogP contribution in [0, 0.1) is 0 Å². The van der Waals surface area contributed by atoms with Gasteiger partial charge in [0.05, 0.1) is 17.1 Å². The normalized spacial score (nSPS) is 19.8. The second-order valence-corrected chi connectivity index (χ2v) is 4.92. The first-order valence-electron chi connectivity index (χ1n) is 5.65. The Morgan fingerprint density at radius 1 is 1.31 bits per heavy atom. The Morgan fingerprint density at radius 3 is 2.75 bits per heavy atom. The highest BCUT2D eigenvalue weighted by atomic mass is 15.3. The first-order chi connectivity index (χ1) is 7.52. The average molecular weight is 220 g/mol. The summed E-state index contributed by atoms with van der Waals surface area (Å²) in [6, 6.07) is 5.84. The van der Waals surface area contributed by atoms with Gasteiger partial charge in [0.15, 0.2) is 0 Å². The molecule has 0 radical (unpaired) electrons. The third kappa shape index (κ3) is 1.80. The summed E-state index contributed by atoms with van der Waals surface area (Å²) >= 11 is 0. The van der Waals surface area contributed by atoms with E-state index < -0.39 is 0 Å². The second kappa shape index (κ2) is 3.87. The van der Waals surface area contributed by atoms with Gasteiger partial charge in [-0.15, -0.1) is 0 Å². The van der Waals surface area contributed by atoms with Crippen molar-refractivity contribution in [2.75, 3.05) is 36.0 Å². The van der Waals surface area contributed by atoms with Crippen LogP contribution < -0.4 is 21.7 Å². The molecular formula is C12H20N4. The third-order valence-electron chi connectivity index (χ3n) is 3.21. The van der Waals surface area contributed by atoms with Gasteiger partial charge in [-0.25, -0.2) is 0 Å². The Morgan fingerprint density at radius 2 is 2.06 bits per heavy atom. The zero-order valence-corrected chi connectivity index (χ0v) is 9.96. The number of nitrogens with zero attached hydrogens (tertiary/aromatic N) is 1. The number of hydrogen-bond acceptors (Lipinski definition) is 4. The Bertz CT molecular complexity index is 387. The van der Waals surface area contributed by atoms with Crippen molar-refractivity contribution in [3.8, 4) is 0 Å². The lowest BCUT2D eigenvalue weighted by atomic mass is 9.98. The summed E-state index contributed by atoms with van der Waals surface area (Å²) in [5.41, 5.74) is 14.4. The minimum atomic E-state index is 0.0696. The van der Waals surface area contributed by atoms with E-state index in [0.29, 0.717) is 11.4 Å². The molecule has 0 unspecified atom stereocenters. The molecule has 0 amide bonds. The minimum absolute atomic E-state index is 0.0696.